The minimum absolute atomic E-state index is 0.679. The SMILES string of the molecule is COc1ccc(OC)c2c1CCCC2=NNC(N)=O. The lowest BCUT2D eigenvalue weighted by molar-refractivity contribution is 0.249. The number of nitrogens with one attached hydrogen (secondary N) is 1. The Bertz CT molecular complexity index is 526. The molecular weight excluding hydrogens is 246 g/mol. The van der Waals surface area contributed by atoms with E-state index < -0.39 is 6.03 Å². The predicted molar refractivity (Wildman–Crippen MR) is 71.7 cm³/mol. The number of benzene rings is 1. The number of carbonyl (C=O) groups is 1. The van der Waals surface area contributed by atoms with Gasteiger partial charge in [0.1, 0.15) is 11.5 Å². The first kappa shape index (κ1) is 13.2. The van der Waals surface area contributed by atoms with Crippen LogP contribution in [0.3, 0.4) is 0 Å². The molecule has 2 amide bonds. The van der Waals surface area contributed by atoms with Gasteiger partial charge < -0.3 is 15.2 Å². The summed E-state index contributed by atoms with van der Waals surface area (Å²) >= 11 is 0. The highest BCUT2D eigenvalue weighted by molar-refractivity contribution is 6.05. The Labute approximate surface area is 111 Å². The summed E-state index contributed by atoms with van der Waals surface area (Å²) in [6.45, 7) is 0. The smallest absolute Gasteiger partial charge is 0.332 e. The van der Waals surface area contributed by atoms with Crippen molar-refractivity contribution in [2.45, 2.75) is 19.3 Å². The first-order valence-corrected chi connectivity index (χ1v) is 6.03. The van der Waals surface area contributed by atoms with Crippen molar-refractivity contribution in [3.05, 3.63) is 23.3 Å². The number of methoxy groups -OCH3 is 2. The fraction of sp³-hybridized carbons (Fsp3) is 0.385. The molecule has 0 atom stereocenters. The molecule has 0 saturated carbocycles. The van der Waals surface area contributed by atoms with E-state index >= 15 is 0 Å². The van der Waals surface area contributed by atoms with Crippen molar-refractivity contribution < 1.29 is 14.3 Å². The number of hydrogen-bond donors (Lipinski definition) is 2. The summed E-state index contributed by atoms with van der Waals surface area (Å²) in [5, 5.41) is 4.06. The zero-order valence-corrected chi connectivity index (χ0v) is 11.0. The molecule has 6 nitrogen and oxygen atoms in total. The van der Waals surface area contributed by atoms with Crippen LogP contribution in [0.15, 0.2) is 17.2 Å². The van der Waals surface area contributed by atoms with Crippen LogP contribution < -0.4 is 20.6 Å². The minimum atomic E-state index is -0.679. The van der Waals surface area contributed by atoms with Crippen LogP contribution in [0.5, 0.6) is 11.5 Å². The highest BCUT2D eigenvalue weighted by Crippen LogP contribution is 2.36. The lowest BCUT2D eigenvalue weighted by Crippen LogP contribution is -2.27. The molecule has 19 heavy (non-hydrogen) atoms. The van der Waals surface area contributed by atoms with Crippen LogP contribution in [0.25, 0.3) is 0 Å². The van der Waals surface area contributed by atoms with E-state index in [1.807, 2.05) is 12.1 Å². The first-order valence-electron chi connectivity index (χ1n) is 6.03. The second-order valence-corrected chi connectivity index (χ2v) is 4.21. The van der Waals surface area contributed by atoms with Gasteiger partial charge in [0.15, 0.2) is 0 Å². The Morgan fingerprint density at radius 2 is 1.95 bits per heavy atom. The minimum Gasteiger partial charge on any atom is -0.496 e. The van der Waals surface area contributed by atoms with Gasteiger partial charge in [0.25, 0.3) is 0 Å². The van der Waals surface area contributed by atoms with Gasteiger partial charge in [-0.3, -0.25) is 0 Å². The number of nitrogens with two attached hydrogens (primary N) is 1. The molecule has 1 aliphatic rings. The molecule has 3 N–H and O–H groups in total. The van der Waals surface area contributed by atoms with Crippen molar-refractivity contribution in [3.8, 4) is 11.5 Å². The number of amides is 2. The summed E-state index contributed by atoms with van der Waals surface area (Å²) in [7, 11) is 3.24. The van der Waals surface area contributed by atoms with E-state index in [-0.39, 0.29) is 0 Å². The maximum Gasteiger partial charge on any atom is 0.332 e. The quantitative estimate of drug-likeness (QED) is 0.808. The van der Waals surface area contributed by atoms with E-state index in [2.05, 4.69) is 10.5 Å². The molecule has 0 unspecified atom stereocenters. The van der Waals surface area contributed by atoms with Crippen molar-refractivity contribution in [2.24, 2.45) is 10.8 Å². The van der Waals surface area contributed by atoms with E-state index in [0.29, 0.717) is 0 Å². The standard InChI is InChI=1S/C13H17N3O3/c1-18-10-6-7-11(19-2)12-8(10)4-3-5-9(12)15-16-13(14)17/h6-7H,3-5H2,1-2H3,(H3,14,16,17). The monoisotopic (exact) mass is 263 g/mol. The molecule has 102 valence electrons. The zero-order valence-electron chi connectivity index (χ0n) is 11.0. The Balaban J connectivity index is 2.51. The fourth-order valence-electron chi connectivity index (χ4n) is 2.33. The van der Waals surface area contributed by atoms with Crippen molar-refractivity contribution in [2.75, 3.05) is 14.2 Å². The lowest BCUT2D eigenvalue weighted by atomic mass is 9.88. The van der Waals surface area contributed by atoms with Crippen LogP contribution >= 0.6 is 0 Å². The predicted octanol–water partition coefficient (Wildman–Crippen LogP) is 1.41. The second-order valence-electron chi connectivity index (χ2n) is 4.21. The normalized spacial score (nSPS) is 15.8. The van der Waals surface area contributed by atoms with Crippen LogP contribution in [0.2, 0.25) is 0 Å². The topological polar surface area (TPSA) is 85.9 Å². The van der Waals surface area contributed by atoms with Gasteiger partial charge >= 0.3 is 6.03 Å². The molecule has 0 fully saturated rings. The van der Waals surface area contributed by atoms with Crippen molar-refractivity contribution >= 4 is 11.7 Å². The number of rotatable bonds is 3. The average Bonchev–Trinajstić information content (AvgIpc) is 2.43. The maximum atomic E-state index is 10.8. The fourth-order valence-corrected chi connectivity index (χ4v) is 2.33. The summed E-state index contributed by atoms with van der Waals surface area (Å²) in [6, 6.07) is 3.03. The van der Waals surface area contributed by atoms with E-state index in [4.69, 9.17) is 15.2 Å². The van der Waals surface area contributed by atoms with Gasteiger partial charge in [0.2, 0.25) is 0 Å². The molecular formula is C13H17N3O3. The molecule has 0 spiro atoms. The van der Waals surface area contributed by atoms with Crippen molar-refractivity contribution in [1.82, 2.24) is 5.43 Å². The molecule has 0 radical (unpaired) electrons. The van der Waals surface area contributed by atoms with Gasteiger partial charge in [-0.25, -0.2) is 10.2 Å². The molecule has 0 aromatic heterocycles. The number of urea groups is 1. The van der Waals surface area contributed by atoms with Gasteiger partial charge in [-0.05, 0) is 31.4 Å². The molecule has 0 bridgehead atoms. The number of carbonyl (C=O) groups excluding carboxylic acids is 1. The van der Waals surface area contributed by atoms with Crippen molar-refractivity contribution in [1.29, 1.82) is 0 Å². The van der Waals surface area contributed by atoms with E-state index in [9.17, 15) is 4.79 Å². The molecule has 2 rings (SSSR count). The van der Waals surface area contributed by atoms with Crippen LogP contribution in [-0.4, -0.2) is 26.0 Å². The number of hydrazone groups is 1. The summed E-state index contributed by atoms with van der Waals surface area (Å²) in [5.74, 6) is 1.53. The van der Waals surface area contributed by atoms with E-state index in [0.717, 1.165) is 47.6 Å². The van der Waals surface area contributed by atoms with Crippen LogP contribution in [0, 0.1) is 0 Å². The van der Waals surface area contributed by atoms with Crippen LogP contribution in [0.4, 0.5) is 4.79 Å². The van der Waals surface area contributed by atoms with Crippen LogP contribution in [-0.2, 0) is 6.42 Å². The number of hydrogen-bond acceptors (Lipinski definition) is 4. The highest BCUT2D eigenvalue weighted by atomic mass is 16.5. The summed E-state index contributed by atoms with van der Waals surface area (Å²) in [4.78, 5) is 10.8. The molecule has 1 aromatic carbocycles. The van der Waals surface area contributed by atoms with Gasteiger partial charge in [0.05, 0.1) is 19.9 Å². The van der Waals surface area contributed by atoms with Gasteiger partial charge in [-0.1, -0.05) is 0 Å². The van der Waals surface area contributed by atoms with E-state index in [1.54, 1.807) is 14.2 Å². The number of primary amides is 1. The zero-order chi connectivity index (χ0) is 13.8. The molecule has 1 aromatic rings. The van der Waals surface area contributed by atoms with Crippen LogP contribution in [0.1, 0.15) is 24.0 Å². The average molecular weight is 263 g/mol. The van der Waals surface area contributed by atoms with Gasteiger partial charge in [-0.2, -0.15) is 5.10 Å². The molecule has 0 saturated heterocycles. The Hall–Kier alpha value is -2.24. The Morgan fingerprint density at radius 1 is 1.26 bits per heavy atom. The Kier molecular flexibility index (Phi) is 3.89. The van der Waals surface area contributed by atoms with Crippen molar-refractivity contribution in [3.63, 3.8) is 0 Å². The summed E-state index contributed by atoms with van der Waals surface area (Å²) in [6.07, 6.45) is 2.60. The molecule has 0 aliphatic heterocycles. The lowest BCUT2D eigenvalue weighted by Gasteiger charge is -2.22. The number of ether oxygens (including phenoxy) is 2. The largest absolute Gasteiger partial charge is 0.496 e. The molecule has 0 heterocycles. The Morgan fingerprint density at radius 3 is 2.58 bits per heavy atom. The highest BCUT2D eigenvalue weighted by Gasteiger charge is 2.23. The third kappa shape index (κ3) is 2.62. The molecule has 6 heteroatoms. The second kappa shape index (κ2) is 5.60. The third-order valence-corrected chi connectivity index (χ3v) is 3.10. The van der Waals surface area contributed by atoms with Gasteiger partial charge in [-0.15, -0.1) is 0 Å². The third-order valence-electron chi connectivity index (χ3n) is 3.10. The molecule has 1 aliphatic carbocycles. The summed E-state index contributed by atoms with van der Waals surface area (Å²) in [5.41, 5.74) is 10.0. The first-order chi connectivity index (χ1) is 9.17. The maximum absolute atomic E-state index is 10.8. The number of fused-ring (bicyclic) bond motifs is 1. The van der Waals surface area contributed by atoms with Gasteiger partial charge in [0, 0.05) is 11.1 Å². The van der Waals surface area contributed by atoms with E-state index in [1.165, 1.54) is 0 Å². The summed E-state index contributed by atoms with van der Waals surface area (Å²) < 4.78 is 10.7. The number of nitrogens with zero attached hydrogens (tertiary/aromatic N) is 1.